The van der Waals surface area contributed by atoms with Crippen molar-refractivity contribution in [2.75, 3.05) is 7.05 Å². The molecular formula is C22H25ClN4OS. The van der Waals surface area contributed by atoms with Crippen molar-refractivity contribution in [1.29, 1.82) is 0 Å². The van der Waals surface area contributed by atoms with Crippen molar-refractivity contribution in [2.24, 2.45) is 0 Å². The van der Waals surface area contributed by atoms with Crippen molar-refractivity contribution in [3.05, 3.63) is 59.6 Å². The van der Waals surface area contributed by atoms with E-state index in [1.54, 1.807) is 11.3 Å². The number of carbonyl (C=O) groups is 1. The Hall–Kier alpha value is -2.15. The van der Waals surface area contributed by atoms with Crippen LogP contribution in [0.1, 0.15) is 36.2 Å². The normalized spacial score (nSPS) is 22.9. The molecule has 0 spiro atoms. The number of para-hydroxylation sites is 1. The molecule has 7 heteroatoms. The lowest BCUT2D eigenvalue weighted by Gasteiger charge is -2.35. The van der Waals surface area contributed by atoms with Gasteiger partial charge < -0.3 is 10.2 Å². The minimum atomic E-state index is 0. The Morgan fingerprint density at radius 1 is 1.14 bits per heavy atom. The van der Waals surface area contributed by atoms with E-state index in [4.69, 9.17) is 5.10 Å². The van der Waals surface area contributed by atoms with Gasteiger partial charge in [-0.25, -0.2) is 4.68 Å². The van der Waals surface area contributed by atoms with Gasteiger partial charge in [0, 0.05) is 25.2 Å². The first-order chi connectivity index (χ1) is 13.7. The van der Waals surface area contributed by atoms with E-state index in [9.17, 15) is 4.79 Å². The van der Waals surface area contributed by atoms with Crippen LogP contribution in [0.4, 0.5) is 0 Å². The van der Waals surface area contributed by atoms with Gasteiger partial charge in [0.15, 0.2) is 5.69 Å². The number of carbonyl (C=O) groups excluding carboxylic acids is 1. The van der Waals surface area contributed by atoms with Crippen molar-refractivity contribution < 1.29 is 4.79 Å². The van der Waals surface area contributed by atoms with Crippen LogP contribution in [0, 0.1) is 0 Å². The Morgan fingerprint density at radius 3 is 2.52 bits per heavy atom. The second-order valence-electron chi connectivity index (χ2n) is 7.82. The van der Waals surface area contributed by atoms with Gasteiger partial charge in [-0.05, 0) is 55.3 Å². The summed E-state index contributed by atoms with van der Waals surface area (Å²) in [5, 5.41) is 10.4. The largest absolute Gasteiger partial charge is 0.337 e. The Bertz CT molecular complexity index is 960. The smallest absolute Gasteiger partial charge is 0.274 e. The Kier molecular flexibility index (Phi) is 5.76. The first-order valence-electron chi connectivity index (χ1n) is 9.91. The van der Waals surface area contributed by atoms with Crippen LogP contribution in [0.5, 0.6) is 0 Å². The molecular weight excluding hydrogens is 404 g/mol. The van der Waals surface area contributed by atoms with E-state index in [2.05, 4.69) is 16.8 Å². The van der Waals surface area contributed by atoms with E-state index >= 15 is 0 Å². The molecule has 2 saturated heterocycles. The molecule has 1 aromatic carbocycles. The Labute approximate surface area is 181 Å². The molecule has 2 unspecified atom stereocenters. The van der Waals surface area contributed by atoms with Gasteiger partial charge in [-0.3, -0.25) is 4.79 Å². The maximum Gasteiger partial charge on any atom is 0.274 e. The highest BCUT2D eigenvalue weighted by Gasteiger charge is 2.37. The lowest BCUT2D eigenvalue weighted by atomic mass is 9.98. The lowest BCUT2D eigenvalue weighted by molar-refractivity contribution is 0.0675. The first kappa shape index (κ1) is 20.1. The summed E-state index contributed by atoms with van der Waals surface area (Å²) < 4.78 is 1.89. The Balaban J connectivity index is 0.00000205. The highest BCUT2D eigenvalue weighted by Crippen LogP contribution is 2.31. The van der Waals surface area contributed by atoms with E-state index in [-0.39, 0.29) is 18.3 Å². The number of nitrogens with one attached hydrogen (secondary N) is 1. The van der Waals surface area contributed by atoms with E-state index in [1.165, 1.54) is 12.8 Å². The third-order valence-corrected chi connectivity index (χ3v) is 6.91. The van der Waals surface area contributed by atoms with Gasteiger partial charge in [0.1, 0.15) is 0 Å². The number of amides is 1. The van der Waals surface area contributed by atoms with E-state index < -0.39 is 0 Å². The molecule has 0 radical (unpaired) electrons. The number of fused-ring (bicyclic) bond motifs is 2. The number of aromatic nitrogens is 2. The molecule has 152 valence electrons. The molecule has 2 aromatic heterocycles. The minimum Gasteiger partial charge on any atom is -0.337 e. The van der Waals surface area contributed by atoms with Crippen LogP contribution in [-0.2, 0) is 0 Å². The third-order valence-electron chi connectivity index (χ3n) is 6.02. The van der Waals surface area contributed by atoms with Gasteiger partial charge >= 0.3 is 0 Å². The number of hydrogen-bond donors (Lipinski definition) is 1. The molecule has 1 amide bonds. The van der Waals surface area contributed by atoms with Gasteiger partial charge in [0.25, 0.3) is 5.91 Å². The van der Waals surface area contributed by atoms with Gasteiger partial charge in [-0.1, -0.05) is 24.3 Å². The highest BCUT2D eigenvalue weighted by atomic mass is 35.5. The zero-order valence-corrected chi connectivity index (χ0v) is 18.0. The first-order valence-corrected chi connectivity index (χ1v) is 10.8. The van der Waals surface area contributed by atoms with Gasteiger partial charge in [-0.15, -0.1) is 23.7 Å². The summed E-state index contributed by atoms with van der Waals surface area (Å²) in [6.07, 6.45) is 4.54. The molecule has 0 saturated carbocycles. The highest BCUT2D eigenvalue weighted by molar-refractivity contribution is 7.13. The fourth-order valence-electron chi connectivity index (χ4n) is 4.54. The van der Waals surface area contributed by atoms with E-state index in [1.807, 2.05) is 59.1 Å². The molecule has 4 heterocycles. The molecule has 3 aromatic rings. The Morgan fingerprint density at radius 2 is 1.86 bits per heavy atom. The second kappa shape index (κ2) is 8.30. The molecule has 2 bridgehead atoms. The fraction of sp³-hybridized carbons (Fsp3) is 0.364. The van der Waals surface area contributed by atoms with Crippen LogP contribution in [0.25, 0.3) is 16.3 Å². The quantitative estimate of drug-likeness (QED) is 0.671. The zero-order chi connectivity index (χ0) is 19.1. The summed E-state index contributed by atoms with van der Waals surface area (Å²) in [6.45, 7) is 0. The van der Waals surface area contributed by atoms with Crippen molar-refractivity contribution in [1.82, 2.24) is 20.0 Å². The number of rotatable bonds is 4. The lowest BCUT2D eigenvalue weighted by Crippen LogP contribution is -2.48. The number of piperidine rings is 1. The number of nitrogens with zero attached hydrogens (tertiary/aromatic N) is 3. The predicted molar refractivity (Wildman–Crippen MR) is 119 cm³/mol. The maximum atomic E-state index is 13.3. The fourth-order valence-corrected chi connectivity index (χ4v) is 5.27. The maximum absolute atomic E-state index is 13.3. The summed E-state index contributed by atoms with van der Waals surface area (Å²) >= 11 is 1.66. The second-order valence-corrected chi connectivity index (χ2v) is 8.77. The molecule has 1 N–H and O–H groups in total. The van der Waals surface area contributed by atoms with Crippen LogP contribution >= 0.6 is 23.7 Å². The average Bonchev–Trinajstić information content (AvgIpc) is 3.47. The molecule has 2 fully saturated rings. The standard InChI is InChI=1S/C22H24N4OS.ClH/c1-25(18-12-15-9-10-16(13-18)23-15)22(27)19-14-20(21-8-5-11-28-21)26(24-19)17-6-3-2-4-7-17;/h2-8,11,14-16,18,23H,9-10,12-13H2,1H3;1H. The van der Waals surface area contributed by atoms with Gasteiger partial charge in [0.05, 0.1) is 16.3 Å². The van der Waals surface area contributed by atoms with Crippen molar-refractivity contribution in [3.8, 4) is 16.3 Å². The predicted octanol–water partition coefficient (Wildman–Crippen LogP) is 4.38. The molecule has 29 heavy (non-hydrogen) atoms. The molecule has 0 aliphatic carbocycles. The summed E-state index contributed by atoms with van der Waals surface area (Å²) in [7, 11) is 1.93. The molecule has 5 nitrogen and oxygen atoms in total. The third kappa shape index (κ3) is 3.84. The monoisotopic (exact) mass is 428 g/mol. The van der Waals surface area contributed by atoms with Crippen molar-refractivity contribution in [2.45, 2.75) is 43.8 Å². The van der Waals surface area contributed by atoms with Gasteiger partial charge in [-0.2, -0.15) is 5.10 Å². The van der Waals surface area contributed by atoms with Crippen LogP contribution in [0.3, 0.4) is 0 Å². The molecule has 5 rings (SSSR count). The topological polar surface area (TPSA) is 50.2 Å². The van der Waals surface area contributed by atoms with Gasteiger partial charge in [0.2, 0.25) is 0 Å². The van der Waals surface area contributed by atoms with E-state index in [0.29, 0.717) is 23.8 Å². The number of benzene rings is 1. The van der Waals surface area contributed by atoms with Crippen molar-refractivity contribution in [3.63, 3.8) is 0 Å². The van der Waals surface area contributed by atoms with Crippen LogP contribution in [0.15, 0.2) is 53.9 Å². The molecule has 2 atom stereocenters. The summed E-state index contributed by atoms with van der Waals surface area (Å²) in [5.41, 5.74) is 2.44. The molecule has 2 aliphatic heterocycles. The summed E-state index contributed by atoms with van der Waals surface area (Å²) in [6, 6.07) is 17.5. The summed E-state index contributed by atoms with van der Waals surface area (Å²) in [5.74, 6) is 0.0128. The van der Waals surface area contributed by atoms with Crippen LogP contribution < -0.4 is 5.32 Å². The summed E-state index contributed by atoms with van der Waals surface area (Å²) in [4.78, 5) is 16.3. The number of hydrogen-bond acceptors (Lipinski definition) is 4. The SMILES string of the molecule is CN(C(=O)c1cc(-c2cccs2)n(-c2ccccc2)n1)C1CC2CCC(C1)N2.Cl. The zero-order valence-electron chi connectivity index (χ0n) is 16.3. The van der Waals surface area contributed by atoms with Crippen LogP contribution in [0.2, 0.25) is 0 Å². The number of thiophene rings is 1. The van der Waals surface area contributed by atoms with Crippen LogP contribution in [-0.4, -0.2) is 45.8 Å². The van der Waals surface area contributed by atoms with E-state index in [0.717, 1.165) is 29.1 Å². The minimum absolute atomic E-state index is 0. The molecule has 2 aliphatic rings. The average molecular weight is 429 g/mol. The number of halogens is 1. The van der Waals surface area contributed by atoms with Crippen molar-refractivity contribution >= 4 is 29.7 Å².